The zero-order valence-corrected chi connectivity index (χ0v) is 10.3. The van der Waals surface area contributed by atoms with E-state index in [1.807, 2.05) is 30.3 Å². The van der Waals surface area contributed by atoms with Gasteiger partial charge in [-0.1, -0.05) is 30.3 Å². The van der Waals surface area contributed by atoms with Crippen LogP contribution in [-0.4, -0.2) is 23.8 Å². The van der Waals surface area contributed by atoms with Crippen LogP contribution in [0.25, 0.3) is 0 Å². The van der Waals surface area contributed by atoms with Crippen LogP contribution in [0.3, 0.4) is 0 Å². The molecule has 0 heterocycles. The van der Waals surface area contributed by atoms with E-state index < -0.39 is 0 Å². The molecule has 0 amide bonds. The van der Waals surface area contributed by atoms with Crippen LogP contribution in [-0.2, 0) is 6.42 Å². The fraction of sp³-hybridized carbons (Fsp3) is 0.0909. The Morgan fingerprint density at radius 2 is 1.53 bits per heavy atom. The molecule has 0 aliphatic carbocycles. The van der Waals surface area contributed by atoms with Gasteiger partial charge in [-0.3, -0.25) is 0 Å². The minimum absolute atomic E-state index is 0.138. The summed E-state index contributed by atoms with van der Waals surface area (Å²) in [6.45, 7) is 0. The van der Waals surface area contributed by atoms with E-state index in [-0.39, 0.29) is 11.9 Å². The third kappa shape index (κ3) is 6.41. The van der Waals surface area contributed by atoms with Crippen LogP contribution in [0.1, 0.15) is 5.56 Å². The van der Waals surface area contributed by atoms with Crippen LogP contribution in [0.4, 0.5) is 0 Å². The van der Waals surface area contributed by atoms with Crippen LogP contribution in [0, 0.1) is 0 Å². The van der Waals surface area contributed by atoms with E-state index in [4.69, 9.17) is 22.9 Å². The normalized spacial score (nSPS) is 11.3. The van der Waals surface area contributed by atoms with Crippen molar-refractivity contribution in [1.29, 1.82) is 0 Å². The first-order valence-corrected chi connectivity index (χ1v) is 5.39. The second-order valence-electron chi connectivity index (χ2n) is 3.55. The molecule has 1 aromatic carbocycles. The van der Waals surface area contributed by atoms with Gasteiger partial charge in [-0.15, -0.1) is 15.3 Å². The molecule has 0 aromatic heterocycles. The highest BCUT2D eigenvalue weighted by atomic mass is 15.3. The average molecular weight is 260 g/mol. The van der Waals surface area contributed by atoms with Gasteiger partial charge in [0.2, 0.25) is 11.9 Å². The van der Waals surface area contributed by atoms with Crippen LogP contribution >= 0.6 is 0 Å². The summed E-state index contributed by atoms with van der Waals surface area (Å²) in [4.78, 5) is 0. The summed E-state index contributed by atoms with van der Waals surface area (Å²) in [5, 5.41) is 14.6. The van der Waals surface area contributed by atoms with E-state index in [0.717, 1.165) is 5.56 Å². The van der Waals surface area contributed by atoms with Crippen molar-refractivity contribution < 1.29 is 0 Å². The Balaban J connectivity index is 2.87. The van der Waals surface area contributed by atoms with Gasteiger partial charge in [0, 0.05) is 6.42 Å². The molecule has 0 radical (unpaired) electrons. The number of guanidine groups is 2. The maximum absolute atomic E-state index is 5.22. The monoisotopic (exact) mass is 260 g/mol. The summed E-state index contributed by atoms with van der Waals surface area (Å²) in [5.74, 6) is -0.280. The van der Waals surface area contributed by atoms with Gasteiger partial charge in [0.1, 0.15) is 0 Å². The van der Waals surface area contributed by atoms with Gasteiger partial charge in [0.25, 0.3) is 0 Å². The van der Waals surface area contributed by atoms with Crippen molar-refractivity contribution in [2.45, 2.75) is 6.42 Å². The van der Waals surface area contributed by atoms with Gasteiger partial charge in [-0.2, -0.15) is 5.10 Å². The fourth-order valence-corrected chi connectivity index (χ4v) is 1.20. The summed E-state index contributed by atoms with van der Waals surface area (Å²) >= 11 is 0. The number of benzene rings is 1. The smallest absolute Gasteiger partial charge is 0.211 e. The van der Waals surface area contributed by atoms with Gasteiger partial charge < -0.3 is 22.9 Å². The molecule has 0 bridgehead atoms. The minimum atomic E-state index is -0.142. The van der Waals surface area contributed by atoms with Crippen LogP contribution in [0.15, 0.2) is 50.7 Å². The van der Waals surface area contributed by atoms with Crippen LogP contribution < -0.4 is 22.9 Å². The van der Waals surface area contributed by atoms with Gasteiger partial charge in [-0.25, -0.2) is 0 Å². The number of hydrogen-bond acceptors (Lipinski definition) is 4. The SMILES string of the molecule is NC(N)=NN=CC(Cc1ccccc1)=NN=C(N)N. The lowest BCUT2D eigenvalue weighted by molar-refractivity contribution is 1.17. The molecule has 0 fully saturated rings. The highest BCUT2D eigenvalue weighted by Crippen LogP contribution is 2.00. The number of nitrogens with zero attached hydrogens (tertiary/aromatic N) is 4. The lowest BCUT2D eigenvalue weighted by Crippen LogP contribution is -2.22. The first-order chi connectivity index (χ1) is 9.08. The van der Waals surface area contributed by atoms with E-state index in [1.165, 1.54) is 6.21 Å². The third-order valence-electron chi connectivity index (χ3n) is 1.90. The van der Waals surface area contributed by atoms with E-state index in [1.54, 1.807) is 0 Å². The van der Waals surface area contributed by atoms with Crippen molar-refractivity contribution in [1.82, 2.24) is 0 Å². The summed E-state index contributed by atoms with van der Waals surface area (Å²) in [6, 6.07) is 9.64. The molecule has 0 spiro atoms. The fourth-order valence-electron chi connectivity index (χ4n) is 1.20. The van der Waals surface area contributed by atoms with Crippen LogP contribution in [0.5, 0.6) is 0 Å². The maximum Gasteiger partial charge on any atom is 0.211 e. The summed E-state index contributed by atoms with van der Waals surface area (Å²) < 4.78 is 0. The predicted molar refractivity (Wildman–Crippen MR) is 77.7 cm³/mol. The van der Waals surface area contributed by atoms with Crippen molar-refractivity contribution in [2.24, 2.45) is 43.3 Å². The van der Waals surface area contributed by atoms with Gasteiger partial charge >= 0.3 is 0 Å². The van der Waals surface area contributed by atoms with Crippen molar-refractivity contribution in [3.05, 3.63) is 35.9 Å². The summed E-state index contributed by atoms with van der Waals surface area (Å²) in [6.07, 6.45) is 1.89. The van der Waals surface area contributed by atoms with Gasteiger partial charge in [-0.05, 0) is 5.56 Å². The van der Waals surface area contributed by atoms with Crippen LogP contribution in [0.2, 0.25) is 0 Å². The Hall–Kier alpha value is -2.90. The van der Waals surface area contributed by atoms with Crippen molar-refractivity contribution >= 4 is 23.8 Å². The zero-order chi connectivity index (χ0) is 14.1. The van der Waals surface area contributed by atoms with E-state index in [2.05, 4.69) is 20.4 Å². The molecule has 0 saturated carbocycles. The van der Waals surface area contributed by atoms with E-state index >= 15 is 0 Å². The Kier molecular flexibility index (Phi) is 5.54. The van der Waals surface area contributed by atoms with Gasteiger partial charge in [0.15, 0.2) is 0 Å². The minimum Gasteiger partial charge on any atom is -0.369 e. The second-order valence-corrected chi connectivity index (χ2v) is 3.55. The summed E-state index contributed by atoms with van der Waals surface area (Å²) in [5.41, 5.74) is 22.3. The average Bonchev–Trinajstić information content (AvgIpc) is 2.36. The Morgan fingerprint density at radius 3 is 2.11 bits per heavy atom. The first kappa shape index (κ1) is 14.2. The van der Waals surface area contributed by atoms with E-state index in [9.17, 15) is 0 Å². The number of nitrogens with two attached hydrogens (primary N) is 4. The molecular weight excluding hydrogens is 244 g/mol. The van der Waals surface area contributed by atoms with Crippen molar-refractivity contribution in [2.75, 3.05) is 0 Å². The quantitative estimate of drug-likeness (QED) is 0.308. The first-order valence-electron chi connectivity index (χ1n) is 5.39. The standard InChI is InChI=1S/C11H16N8/c12-10(13)18-16-7-9(17-19-11(14)15)6-8-4-2-1-3-5-8/h1-5,7H,6H2,(H4,12,13,18)(H4,14,15,19). The molecule has 100 valence electrons. The molecule has 19 heavy (non-hydrogen) atoms. The third-order valence-corrected chi connectivity index (χ3v) is 1.90. The topological polar surface area (TPSA) is 154 Å². The molecule has 8 N–H and O–H groups in total. The van der Waals surface area contributed by atoms with Gasteiger partial charge in [0.05, 0.1) is 11.9 Å². The molecule has 0 saturated heterocycles. The van der Waals surface area contributed by atoms with Crippen molar-refractivity contribution in [3.8, 4) is 0 Å². The Labute approximate surface area is 110 Å². The molecule has 0 atom stereocenters. The zero-order valence-electron chi connectivity index (χ0n) is 10.3. The predicted octanol–water partition coefficient (Wildman–Crippen LogP) is -0.882. The second kappa shape index (κ2) is 7.43. The largest absolute Gasteiger partial charge is 0.369 e. The lowest BCUT2D eigenvalue weighted by Gasteiger charge is -1.99. The molecule has 0 unspecified atom stereocenters. The molecule has 1 aromatic rings. The molecule has 1 rings (SSSR count). The Bertz CT molecular complexity index is 507. The molecular formula is C11H16N8. The lowest BCUT2D eigenvalue weighted by atomic mass is 10.1. The maximum atomic E-state index is 5.22. The van der Waals surface area contributed by atoms with E-state index in [0.29, 0.717) is 12.1 Å². The number of hydrogen-bond donors (Lipinski definition) is 4. The molecule has 0 aliphatic rings. The molecule has 8 heteroatoms. The Morgan fingerprint density at radius 1 is 0.895 bits per heavy atom. The highest BCUT2D eigenvalue weighted by molar-refractivity contribution is 6.31. The van der Waals surface area contributed by atoms with Crippen molar-refractivity contribution in [3.63, 3.8) is 0 Å². The highest BCUT2D eigenvalue weighted by Gasteiger charge is 1.99. The molecule has 0 aliphatic heterocycles. The number of rotatable bonds is 5. The summed E-state index contributed by atoms with van der Waals surface area (Å²) in [7, 11) is 0. The molecule has 8 nitrogen and oxygen atoms in total.